The highest BCUT2D eigenvalue weighted by Crippen LogP contribution is 2.32. The van der Waals surface area contributed by atoms with E-state index in [9.17, 15) is 0 Å². The van der Waals surface area contributed by atoms with Gasteiger partial charge in [0, 0.05) is 19.1 Å². The normalized spacial score (nSPS) is 20.2. The highest BCUT2D eigenvalue weighted by atomic mass is 16.5. The standard InChI is InChI=1S/C11H18N4O/c1-8-10(16-2)11(14-7-13-8)15-5-3-4-9(15)6-12/h7,9H,3-6,12H2,1-2H3. The van der Waals surface area contributed by atoms with Crippen LogP contribution in [0.2, 0.25) is 0 Å². The number of nitrogens with zero attached hydrogens (tertiary/aromatic N) is 3. The van der Waals surface area contributed by atoms with E-state index in [1.807, 2.05) is 6.92 Å². The molecule has 1 atom stereocenters. The Morgan fingerprint density at radius 2 is 2.38 bits per heavy atom. The number of anilines is 1. The maximum Gasteiger partial charge on any atom is 0.182 e. The number of aryl methyl sites for hydroxylation is 1. The van der Waals surface area contributed by atoms with Crippen molar-refractivity contribution in [2.24, 2.45) is 5.73 Å². The van der Waals surface area contributed by atoms with Gasteiger partial charge in [0.05, 0.1) is 12.8 Å². The molecule has 1 aromatic heterocycles. The van der Waals surface area contributed by atoms with Crippen molar-refractivity contribution in [2.75, 3.05) is 25.1 Å². The lowest BCUT2D eigenvalue weighted by Gasteiger charge is -2.26. The zero-order valence-electron chi connectivity index (χ0n) is 9.81. The molecule has 2 rings (SSSR count). The molecule has 5 heteroatoms. The quantitative estimate of drug-likeness (QED) is 0.816. The molecule has 0 aromatic carbocycles. The van der Waals surface area contributed by atoms with Crippen LogP contribution in [0.15, 0.2) is 6.33 Å². The summed E-state index contributed by atoms with van der Waals surface area (Å²) in [6.45, 7) is 3.58. The zero-order chi connectivity index (χ0) is 11.5. The lowest BCUT2D eigenvalue weighted by Crippen LogP contribution is -2.36. The highest BCUT2D eigenvalue weighted by Gasteiger charge is 2.27. The monoisotopic (exact) mass is 222 g/mol. The summed E-state index contributed by atoms with van der Waals surface area (Å²) in [4.78, 5) is 10.7. The van der Waals surface area contributed by atoms with Gasteiger partial charge in [-0.25, -0.2) is 9.97 Å². The van der Waals surface area contributed by atoms with Crippen LogP contribution in [0, 0.1) is 6.92 Å². The lowest BCUT2D eigenvalue weighted by molar-refractivity contribution is 0.406. The van der Waals surface area contributed by atoms with E-state index >= 15 is 0 Å². The van der Waals surface area contributed by atoms with Crippen molar-refractivity contribution >= 4 is 5.82 Å². The van der Waals surface area contributed by atoms with Gasteiger partial charge in [-0.05, 0) is 19.8 Å². The molecule has 0 aliphatic carbocycles. The molecule has 88 valence electrons. The van der Waals surface area contributed by atoms with Crippen LogP contribution in [0.5, 0.6) is 5.75 Å². The van der Waals surface area contributed by atoms with Gasteiger partial charge in [-0.2, -0.15) is 0 Å². The van der Waals surface area contributed by atoms with Crippen molar-refractivity contribution in [3.63, 3.8) is 0 Å². The zero-order valence-corrected chi connectivity index (χ0v) is 9.81. The van der Waals surface area contributed by atoms with Crippen LogP contribution >= 0.6 is 0 Å². The van der Waals surface area contributed by atoms with E-state index in [-0.39, 0.29) is 0 Å². The van der Waals surface area contributed by atoms with Crippen LogP contribution in [-0.4, -0.2) is 36.2 Å². The fourth-order valence-corrected chi connectivity index (χ4v) is 2.25. The first kappa shape index (κ1) is 11.1. The summed E-state index contributed by atoms with van der Waals surface area (Å²) in [6.07, 6.45) is 3.87. The Kier molecular flexibility index (Phi) is 3.24. The van der Waals surface area contributed by atoms with Crippen LogP contribution in [0.25, 0.3) is 0 Å². The van der Waals surface area contributed by atoms with E-state index in [2.05, 4.69) is 14.9 Å². The van der Waals surface area contributed by atoms with Crippen molar-refractivity contribution in [1.82, 2.24) is 9.97 Å². The van der Waals surface area contributed by atoms with Gasteiger partial charge < -0.3 is 15.4 Å². The Morgan fingerprint density at radius 1 is 1.56 bits per heavy atom. The first-order chi connectivity index (χ1) is 7.77. The number of rotatable bonds is 3. The third kappa shape index (κ3) is 1.82. The predicted molar refractivity (Wildman–Crippen MR) is 62.7 cm³/mol. The molecule has 2 N–H and O–H groups in total. The van der Waals surface area contributed by atoms with Gasteiger partial charge in [-0.3, -0.25) is 0 Å². The minimum atomic E-state index is 0.378. The van der Waals surface area contributed by atoms with Gasteiger partial charge in [0.2, 0.25) is 0 Å². The maximum absolute atomic E-state index is 5.77. The number of ether oxygens (including phenoxy) is 1. The molecule has 0 saturated carbocycles. The average molecular weight is 222 g/mol. The number of hydrogen-bond donors (Lipinski definition) is 1. The summed E-state index contributed by atoms with van der Waals surface area (Å²) >= 11 is 0. The van der Waals surface area contributed by atoms with Crippen molar-refractivity contribution < 1.29 is 4.74 Å². The van der Waals surface area contributed by atoms with Crippen LogP contribution < -0.4 is 15.4 Å². The van der Waals surface area contributed by atoms with Crippen LogP contribution in [0.4, 0.5) is 5.82 Å². The van der Waals surface area contributed by atoms with Crippen molar-refractivity contribution in [2.45, 2.75) is 25.8 Å². The smallest absolute Gasteiger partial charge is 0.182 e. The highest BCUT2D eigenvalue weighted by molar-refractivity contribution is 5.55. The predicted octanol–water partition coefficient (Wildman–Crippen LogP) is 0.721. The van der Waals surface area contributed by atoms with Crippen molar-refractivity contribution in [3.8, 4) is 5.75 Å². The topological polar surface area (TPSA) is 64.3 Å². The molecule has 1 aliphatic rings. The first-order valence-electron chi connectivity index (χ1n) is 5.60. The van der Waals surface area contributed by atoms with E-state index in [1.165, 1.54) is 0 Å². The molecule has 1 saturated heterocycles. The molecule has 1 unspecified atom stereocenters. The minimum absolute atomic E-state index is 0.378. The Hall–Kier alpha value is -1.36. The second-order valence-electron chi connectivity index (χ2n) is 4.04. The molecule has 0 spiro atoms. The molecule has 0 bridgehead atoms. The van der Waals surface area contributed by atoms with E-state index in [0.29, 0.717) is 12.6 Å². The van der Waals surface area contributed by atoms with E-state index < -0.39 is 0 Å². The third-order valence-electron chi connectivity index (χ3n) is 3.09. The second-order valence-corrected chi connectivity index (χ2v) is 4.04. The third-order valence-corrected chi connectivity index (χ3v) is 3.09. The molecule has 16 heavy (non-hydrogen) atoms. The van der Waals surface area contributed by atoms with Gasteiger partial charge in [0.25, 0.3) is 0 Å². The average Bonchev–Trinajstić information content (AvgIpc) is 2.76. The maximum atomic E-state index is 5.77. The number of nitrogens with two attached hydrogens (primary N) is 1. The first-order valence-corrected chi connectivity index (χ1v) is 5.60. The van der Waals surface area contributed by atoms with Crippen LogP contribution in [0.1, 0.15) is 18.5 Å². The number of hydrogen-bond acceptors (Lipinski definition) is 5. The van der Waals surface area contributed by atoms with Crippen molar-refractivity contribution in [1.29, 1.82) is 0 Å². The van der Waals surface area contributed by atoms with Crippen LogP contribution in [0.3, 0.4) is 0 Å². The van der Waals surface area contributed by atoms with E-state index in [0.717, 1.165) is 36.6 Å². The summed E-state index contributed by atoms with van der Waals surface area (Å²) in [5.74, 6) is 1.64. The Balaban J connectivity index is 2.35. The fourth-order valence-electron chi connectivity index (χ4n) is 2.25. The van der Waals surface area contributed by atoms with Gasteiger partial charge in [-0.15, -0.1) is 0 Å². The van der Waals surface area contributed by atoms with E-state index in [4.69, 9.17) is 10.5 Å². The molecule has 1 fully saturated rings. The number of aromatic nitrogens is 2. The SMILES string of the molecule is COc1c(C)ncnc1N1CCCC1CN. The lowest BCUT2D eigenvalue weighted by atomic mass is 10.2. The molecule has 2 heterocycles. The molecule has 1 aliphatic heterocycles. The second kappa shape index (κ2) is 4.65. The molecule has 0 amide bonds. The summed E-state index contributed by atoms with van der Waals surface area (Å²) in [7, 11) is 1.66. The van der Waals surface area contributed by atoms with Crippen molar-refractivity contribution in [3.05, 3.63) is 12.0 Å². The van der Waals surface area contributed by atoms with Gasteiger partial charge in [0.15, 0.2) is 11.6 Å². The largest absolute Gasteiger partial charge is 0.491 e. The minimum Gasteiger partial charge on any atom is -0.491 e. The van der Waals surface area contributed by atoms with Gasteiger partial charge in [0.1, 0.15) is 6.33 Å². The molecular formula is C11H18N4O. The molecule has 1 aromatic rings. The van der Waals surface area contributed by atoms with E-state index in [1.54, 1.807) is 13.4 Å². The molecule has 0 radical (unpaired) electrons. The molecule has 5 nitrogen and oxygen atoms in total. The summed E-state index contributed by atoms with van der Waals surface area (Å²) in [5, 5.41) is 0. The Bertz CT molecular complexity index is 369. The molecular weight excluding hydrogens is 204 g/mol. The number of methoxy groups -OCH3 is 1. The van der Waals surface area contributed by atoms with Crippen LogP contribution in [-0.2, 0) is 0 Å². The Morgan fingerprint density at radius 3 is 3.06 bits per heavy atom. The summed E-state index contributed by atoms with van der Waals surface area (Å²) in [6, 6.07) is 0.378. The Labute approximate surface area is 95.6 Å². The summed E-state index contributed by atoms with van der Waals surface area (Å²) in [5.41, 5.74) is 6.64. The fraction of sp³-hybridized carbons (Fsp3) is 0.636. The van der Waals surface area contributed by atoms with Gasteiger partial charge in [-0.1, -0.05) is 0 Å². The summed E-state index contributed by atoms with van der Waals surface area (Å²) < 4.78 is 5.37. The van der Waals surface area contributed by atoms with Gasteiger partial charge >= 0.3 is 0 Å².